The summed E-state index contributed by atoms with van der Waals surface area (Å²) >= 11 is 0. The van der Waals surface area contributed by atoms with Gasteiger partial charge in [0.2, 0.25) is 0 Å². The molecule has 0 atom stereocenters. The molecule has 3 N–H and O–H groups in total. The first-order chi connectivity index (χ1) is 12.6. The lowest BCUT2D eigenvalue weighted by molar-refractivity contribution is -0.119. The molecule has 0 bridgehead atoms. The third-order valence-corrected chi connectivity index (χ3v) is 3.56. The number of nitriles is 1. The highest BCUT2D eigenvalue weighted by Crippen LogP contribution is 2.18. The summed E-state index contributed by atoms with van der Waals surface area (Å²) in [6.07, 6.45) is 1.60. The molecule has 1 amide bonds. The average Bonchev–Trinajstić information content (AvgIpc) is 2.65. The number of carbonyl (C=O) groups excluding carboxylic acids is 1. The van der Waals surface area contributed by atoms with Crippen LogP contribution < -0.4 is 16.0 Å². The van der Waals surface area contributed by atoms with Crippen molar-refractivity contribution in [3.63, 3.8) is 0 Å². The van der Waals surface area contributed by atoms with Gasteiger partial charge >= 0.3 is 0 Å². The molecular weight excluding hydrogens is 332 g/mol. The summed E-state index contributed by atoms with van der Waals surface area (Å²) in [5.74, 6) is 0.119. The topological polar surface area (TPSA) is 122 Å². The summed E-state index contributed by atoms with van der Waals surface area (Å²) in [7, 11) is 0. The fourth-order valence-electron chi connectivity index (χ4n) is 2.35. The number of amides is 1. The number of nitrogens with one attached hydrogen (secondary N) is 1. The van der Waals surface area contributed by atoms with Gasteiger partial charge in [0.25, 0.3) is 11.5 Å². The Hall–Kier alpha value is -3.92. The summed E-state index contributed by atoms with van der Waals surface area (Å²) in [5, 5.41) is 9.91. The maximum absolute atomic E-state index is 12.2. The van der Waals surface area contributed by atoms with Crippen LogP contribution >= 0.6 is 0 Å². The highest BCUT2D eigenvalue weighted by atomic mass is 16.5. The van der Waals surface area contributed by atoms with Crippen molar-refractivity contribution in [2.45, 2.75) is 0 Å². The summed E-state index contributed by atoms with van der Waals surface area (Å²) in [5.41, 5.74) is 6.17. The van der Waals surface area contributed by atoms with E-state index >= 15 is 0 Å². The molecule has 0 aliphatic heterocycles. The number of fused-ring (bicyclic) bond motifs is 1. The van der Waals surface area contributed by atoms with Gasteiger partial charge in [-0.1, -0.05) is 24.3 Å². The van der Waals surface area contributed by atoms with Crippen LogP contribution in [0, 0.1) is 11.3 Å². The van der Waals surface area contributed by atoms with Crippen LogP contribution in [0.2, 0.25) is 0 Å². The number of aromatic nitrogens is 2. The number of benzene rings is 2. The van der Waals surface area contributed by atoms with E-state index in [0.29, 0.717) is 22.2 Å². The molecule has 7 nitrogen and oxygen atoms in total. The molecular formula is C19H14N4O3. The zero-order valence-electron chi connectivity index (χ0n) is 13.6. The molecule has 0 fully saturated rings. The monoisotopic (exact) mass is 346 g/mol. The van der Waals surface area contributed by atoms with Crippen LogP contribution in [0.25, 0.3) is 22.6 Å². The standard InChI is InChI=1S/C19H14N4O3/c20-10-13(9-12-5-7-14(8-6-12)26-11-17(21)24)18-22-16-4-2-1-3-15(16)19(25)23-18/h1-9H,11H2,(H2,21,24)(H,22,23,25)/b13-9-. The Morgan fingerprint density at radius 2 is 1.96 bits per heavy atom. The molecule has 26 heavy (non-hydrogen) atoms. The minimum atomic E-state index is -0.563. The van der Waals surface area contributed by atoms with Gasteiger partial charge in [0, 0.05) is 0 Å². The van der Waals surface area contributed by atoms with Gasteiger partial charge in [-0.15, -0.1) is 0 Å². The van der Waals surface area contributed by atoms with Crippen molar-refractivity contribution in [1.82, 2.24) is 9.97 Å². The smallest absolute Gasteiger partial charge is 0.259 e. The lowest BCUT2D eigenvalue weighted by Gasteiger charge is -2.04. The Labute approximate surface area is 148 Å². The molecule has 1 aromatic heterocycles. The van der Waals surface area contributed by atoms with Crippen molar-refractivity contribution in [1.29, 1.82) is 5.26 Å². The first-order valence-electron chi connectivity index (χ1n) is 7.69. The van der Waals surface area contributed by atoms with Crippen LogP contribution in [0.15, 0.2) is 53.3 Å². The van der Waals surface area contributed by atoms with Crippen molar-refractivity contribution >= 4 is 28.5 Å². The quantitative estimate of drug-likeness (QED) is 0.683. The predicted octanol–water partition coefficient (Wildman–Crippen LogP) is 1.85. The van der Waals surface area contributed by atoms with E-state index < -0.39 is 5.91 Å². The van der Waals surface area contributed by atoms with Gasteiger partial charge in [-0.25, -0.2) is 4.98 Å². The van der Waals surface area contributed by atoms with Crippen LogP contribution in [0.4, 0.5) is 0 Å². The van der Waals surface area contributed by atoms with Crippen molar-refractivity contribution in [3.8, 4) is 11.8 Å². The van der Waals surface area contributed by atoms with Gasteiger partial charge in [-0.05, 0) is 35.9 Å². The molecule has 1 heterocycles. The maximum atomic E-state index is 12.2. The highest BCUT2D eigenvalue weighted by Gasteiger charge is 2.08. The number of H-pyrrole nitrogens is 1. The number of primary amides is 1. The number of hydrogen-bond acceptors (Lipinski definition) is 5. The molecule has 2 aromatic carbocycles. The van der Waals surface area contributed by atoms with E-state index in [-0.39, 0.29) is 23.6 Å². The second-order valence-corrected chi connectivity index (χ2v) is 5.43. The molecule has 0 unspecified atom stereocenters. The Morgan fingerprint density at radius 1 is 1.23 bits per heavy atom. The maximum Gasteiger partial charge on any atom is 0.259 e. The van der Waals surface area contributed by atoms with Crippen molar-refractivity contribution in [2.24, 2.45) is 5.73 Å². The molecule has 0 spiro atoms. The Bertz CT molecular complexity index is 1090. The van der Waals surface area contributed by atoms with Gasteiger partial charge in [0.15, 0.2) is 12.4 Å². The number of rotatable bonds is 5. The van der Waals surface area contributed by atoms with Crippen LogP contribution in [-0.2, 0) is 4.79 Å². The van der Waals surface area contributed by atoms with Crippen LogP contribution in [0.5, 0.6) is 5.75 Å². The number of nitrogens with zero attached hydrogens (tertiary/aromatic N) is 2. The Kier molecular flexibility index (Phi) is 4.76. The number of nitrogens with two attached hydrogens (primary N) is 1. The van der Waals surface area contributed by atoms with Crippen molar-refractivity contribution in [3.05, 3.63) is 70.3 Å². The third-order valence-electron chi connectivity index (χ3n) is 3.56. The van der Waals surface area contributed by atoms with Crippen LogP contribution in [0.3, 0.4) is 0 Å². The Balaban J connectivity index is 1.92. The molecule has 128 valence electrons. The van der Waals surface area contributed by atoms with Gasteiger partial charge in [0.05, 0.1) is 16.5 Å². The molecule has 3 aromatic rings. The molecule has 0 aliphatic rings. The van der Waals surface area contributed by atoms with E-state index in [1.54, 1.807) is 54.6 Å². The zero-order chi connectivity index (χ0) is 18.5. The number of para-hydroxylation sites is 1. The van der Waals surface area contributed by atoms with Gasteiger partial charge in [-0.3, -0.25) is 9.59 Å². The first kappa shape index (κ1) is 16.9. The van der Waals surface area contributed by atoms with Gasteiger partial charge in [0.1, 0.15) is 11.8 Å². The lowest BCUT2D eigenvalue weighted by Crippen LogP contribution is -2.19. The second-order valence-electron chi connectivity index (χ2n) is 5.43. The summed E-state index contributed by atoms with van der Waals surface area (Å²) in [6.45, 7) is -0.207. The van der Waals surface area contributed by atoms with Gasteiger partial charge < -0.3 is 15.5 Å². The van der Waals surface area contributed by atoms with E-state index in [1.165, 1.54) is 0 Å². The number of allylic oxidation sites excluding steroid dienone is 1. The minimum absolute atomic E-state index is 0.199. The summed E-state index contributed by atoms with van der Waals surface area (Å²) in [6, 6.07) is 15.7. The van der Waals surface area contributed by atoms with E-state index in [4.69, 9.17) is 10.5 Å². The zero-order valence-corrected chi connectivity index (χ0v) is 13.6. The Morgan fingerprint density at radius 3 is 2.65 bits per heavy atom. The fourth-order valence-corrected chi connectivity index (χ4v) is 2.35. The molecule has 0 aliphatic carbocycles. The van der Waals surface area contributed by atoms with E-state index in [2.05, 4.69) is 9.97 Å². The summed E-state index contributed by atoms with van der Waals surface area (Å²) < 4.78 is 5.18. The molecule has 3 rings (SSSR count). The lowest BCUT2D eigenvalue weighted by atomic mass is 10.1. The minimum Gasteiger partial charge on any atom is -0.484 e. The average molecular weight is 346 g/mol. The molecule has 0 radical (unpaired) electrons. The van der Waals surface area contributed by atoms with Crippen LogP contribution in [-0.4, -0.2) is 22.5 Å². The van der Waals surface area contributed by atoms with Crippen molar-refractivity contribution in [2.75, 3.05) is 6.61 Å². The van der Waals surface area contributed by atoms with E-state index in [0.717, 1.165) is 0 Å². The number of ether oxygens (including phenoxy) is 1. The largest absolute Gasteiger partial charge is 0.484 e. The first-order valence-corrected chi connectivity index (χ1v) is 7.69. The van der Waals surface area contributed by atoms with Gasteiger partial charge in [-0.2, -0.15) is 5.26 Å². The molecule has 0 saturated heterocycles. The normalized spacial score (nSPS) is 11.1. The molecule has 0 saturated carbocycles. The number of hydrogen-bond donors (Lipinski definition) is 2. The summed E-state index contributed by atoms with van der Waals surface area (Å²) in [4.78, 5) is 29.9. The second kappa shape index (κ2) is 7.32. The molecule has 7 heteroatoms. The fraction of sp³-hybridized carbons (Fsp3) is 0.0526. The predicted molar refractivity (Wildman–Crippen MR) is 97.0 cm³/mol. The third kappa shape index (κ3) is 3.76. The number of aromatic amines is 1. The van der Waals surface area contributed by atoms with E-state index in [9.17, 15) is 14.9 Å². The number of carbonyl (C=O) groups is 1. The SMILES string of the molecule is N#C/C(=C/c1ccc(OCC(N)=O)cc1)c1nc2ccccc2c(=O)[nH]1. The highest BCUT2D eigenvalue weighted by molar-refractivity contribution is 5.89. The van der Waals surface area contributed by atoms with E-state index in [1.807, 2.05) is 6.07 Å². The van der Waals surface area contributed by atoms with Crippen molar-refractivity contribution < 1.29 is 9.53 Å². The van der Waals surface area contributed by atoms with Crippen LogP contribution in [0.1, 0.15) is 11.4 Å².